The van der Waals surface area contributed by atoms with Crippen LogP contribution in [0.25, 0.3) is 0 Å². The Kier molecular flexibility index (Phi) is 5.05. The lowest BCUT2D eigenvalue weighted by molar-refractivity contribution is 0.187. The maximum absolute atomic E-state index is 5.11. The van der Waals surface area contributed by atoms with Crippen LogP contribution in [0.3, 0.4) is 0 Å². The molecule has 0 atom stereocenters. The lowest BCUT2D eigenvalue weighted by Gasteiger charge is -2.28. The number of ether oxygens (including phenoxy) is 1. The van der Waals surface area contributed by atoms with E-state index in [0.717, 1.165) is 25.0 Å². The summed E-state index contributed by atoms with van der Waals surface area (Å²) in [4.78, 5) is 4.40. The highest BCUT2D eigenvalue weighted by atomic mass is 16.5. The standard InChI is InChI=1S/C14H25N3O/c1-3-12-4-6-13(7-5-12)16-14-15-8-9-17(14)10-11-18-2/h8-9,12-13H,3-7,10-11H2,1-2H3,(H,15,16). The average Bonchev–Trinajstić information content (AvgIpc) is 2.84. The summed E-state index contributed by atoms with van der Waals surface area (Å²) in [5.74, 6) is 1.93. The SMILES string of the molecule is CCC1CCC(Nc2nccn2CCOC)CC1. The molecule has 4 nitrogen and oxygen atoms in total. The van der Waals surface area contributed by atoms with Gasteiger partial charge in [-0.1, -0.05) is 13.3 Å². The molecule has 102 valence electrons. The maximum Gasteiger partial charge on any atom is 0.203 e. The molecule has 0 unspecified atom stereocenters. The van der Waals surface area contributed by atoms with Crippen molar-refractivity contribution in [3.63, 3.8) is 0 Å². The normalized spacial score (nSPS) is 24.1. The Hall–Kier alpha value is -1.03. The van der Waals surface area contributed by atoms with Gasteiger partial charge in [-0.2, -0.15) is 0 Å². The van der Waals surface area contributed by atoms with E-state index in [1.165, 1.54) is 32.1 Å². The van der Waals surface area contributed by atoms with Crippen molar-refractivity contribution in [3.05, 3.63) is 12.4 Å². The highest BCUT2D eigenvalue weighted by Gasteiger charge is 2.20. The quantitative estimate of drug-likeness (QED) is 0.845. The van der Waals surface area contributed by atoms with Crippen molar-refractivity contribution < 1.29 is 4.74 Å². The largest absolute Gasteiger partial charge is 0.383 e. The zero-order valence-corrected chi connectivity index (χ0v) is 11.6. The number of anilines is 1. The minimum absolute atomic E-state index is 0.594. The molecule has 0 radical (unpaired) electrons. The molecule has 1 saturated carbocycles. The fourth-order valence-corrected chi connectivity index (χ4v) is 2.72. The van der Waals surface area contributed by atoms with E-state index >= 15 is 0 Å². The van der Waals surface area contributed by atoms with Gasteiger partial charge in [-0.3, -0.25) is 0 Å². The Labute approximate surface area is 110 Å². The van der Waals surface area contributed by atoms with Crippen LogP contribution in [0, 0.1) is 5.92 Å². The molecule has 0 aromatic carbocycles. The summed E-state index contributed by atoms with van der Waals surface area (Å²) in [6.45, 7) is 3.90. The lowest BCUT2D eigenvalue weighted by Crippen LogP contribution is -2.27. The minimum atomic E-state index is 0.594. The van der Waals surface area contributed by atoms with Crippen LogP contribution in [0.2, 0.25) is 0 Å². The third kappa shape index (κ3) is 3.48. The Morgan fingerprint density at radius 2 is 2.17 bits per heavy atom. The molecule has 1 N–H and O–H groups in total. The van der Waals surface area contributed by atoms with Crippen LogP contribution in [0.4, 0.5) is 5.95 Å². The second kappa shape index (κ2) is 6.78. The fraction of sp³-hybridized carbons (Fsp3) is 0.786. The average molecular weight is 251 g/mol. The summed E-state index contributed by atoms with van der Waals surface area (Å²) in [7, 11) is 1.73. The molecule has 1 fully saturated rings. The van der Waals surface area contributed by atoms with E-state index in [1.807, 2.05) is 12.4 Å². The number of rotatable bonds is 6. The molecule has 1 aromatic heterocycles. The van der Waals surface area contributed by atoms with Crippen LogP contribution in [0.1, 0.15) is 39.0 Å². The van der Waals surface area contributed by atoms with Gasteiger partial charge in [0.15, 0.2) is 0 Å². The van der Waals surface area contributed by atoms with E-state index in [1.54, 1.807) is 7.11 Å². The highest BCUT2D eigenvalue weighted by Crippen LogP contribution is 2.28. The molecule has 1 aromatic rings. The molecule has 4 heteroatoms. The van der Waals surface area contributed by atoms with Gasteiger partial charge >= 0.3 is 0 Å². The molecular weight excluding hydrogens is 226 g/mol. The zero-order valence-electron chi connectivity index (χ0n) is 11.6. The van der Waals surface area contributed by atoms with Crippen molar-refractivity contribution in [1.29, 1.82) is 0 Å². The molecule has 0 saturated heterocycles. The fourth-order valence-electron chi connectivity index (χ4n) is 2.72. The van der Waals surface area contributed by atoms with E-state index in [9.17, 15) is 0 Å². The monoisotopic (exact) mass is 251 g/mol. The topological polar surface area (TPSA) is 39.1 Å². The maximum atomic E-state index is 5.11. The molecule has 1 aliphatic carbocycles. The molecular formula is C14H25N3O. The number of imidazole rings is 1. The van der Waals surface area contributed by atoms with Gasteiger partial charge in [0.2, 0.25) is 5.95 Å². The lowest BCUT2D eigenvalue weighted by atomic mass is 9.85. The molecule has 1 aliphatic rings. The molecule has 0 aliphatic heterocycles. The van der Waals surface area contributed by atoms with Crippen molar-refractivity contribution >= 4 is 5.95 Å². The van der Waals surface area contributed by atoms with Crippen LogP contribution in [-0.4, -0.2) is 29.3 Å². The third-order valence-corrected chi connectivity index (χ3v) is 4.01. The number of hydrogen-bond donors (Lipinski definition) is 1. The Morgan fingerprint density at radius 1 is 1.39 bits per heavy atom. The van der Waals surface area contributed by atoms with Gasteiger partial charge in [-0.25, -0.2) is 4.98 Å². The number of hydrogen-bond acceptors (Lipinski definition) is 3. The summed E-state index contributed by atoms with van der Waals surface area (Å²) in [5.41, 5.74) is 0. The summed E-state index contributed by atoms with van der Waals surface area (Å²) in [6.07, 6.45) is 10.5. The van der Waals surface area contributed by atoms with Gasteiger partial charge in [0, 0.05) is 32.1 Å². The van der Waals surface area contributed by atoms with Crippen molar-refractivity contribution in [3.8, 4) is 0 Å². The minimum Gasteiger partial charge on any atom is -0.383 e. The first kappa shape index (κ1) is 13.4. The van der Waals surface area contributed by atoms with Crippen LogP contribution < -0.4 is 5.32 Å². The van der Waals surface area contributed by atoms with Crippen molar-refractivity contribution in [2.45, 2.75) is 51.6 Å². The third-order valence-electron chi connectivity index (χ3n) is 4.01. The van der Waals surface area contributed by atoms with Crippen LogP contribution in [0.5, 0.6) is 0 Å². The van der Waals surface area contributed by atoms with Gasteiger partial charge < -0.3 is 14.6 Å². The molecule has 0 spiro atoms. The zero-order chi connectivity index (χ0) is 12.8. The van der Waals surface area contributed by atoms with Crippen LogP contribution in [0.15, 0.2) is 12.4 Å². The second-order valence-electron chi connectivity index (χ2n) is 5.21. The molecule has 2 rings (SSSR count). The van der Waals surface area contributed by atoms with E-state index < -0.39 is 0 Å². The van der Waals surface area contributed by atoms with Gasteiger partial charge in [0.1, 0.15) is 0 Å². The summed E-state index contributed by atoms with van der Waals surface area (Å²) in [6, 6.07) is 0.594. The second-order valence-corrected chi connectivity index (χ2v) is 5.21. The van der Waals surface area contributed by atoms with Crippen molar-refractivity contribution in [2.75, 3.05) is 19.0 Å². The van der Waals surface area contributed by atoms with Gasteiger partial charge in [0.05, 0.1) is 6.61 Å². The highest BCUT2D eigenvalue weighted by molar-refractivity contribution is 5.27. The van der Waals surface area contributed by atoms with E-state index in [-0.39, 0.29) is 0 Å². The van der Waals surface area contributed by atoms with E-state index in [2.05, 4.69) is 21.8 Å². The molecule has 1 heterocycles. The van der Waals surface area contributed by atoms with E-state index in [0.29, 0.717) is 6.04 Å². The number of nitrogens with one attached hydrogen (secondary N) is 1. The summed E-state index contributed by atoms with van der Waals surface area (Å²) < 4.78 is 7.25. The van der Waals surface area contributed by atoms with Crippen molar-refractivity contribution in [2.24, 2.45) is 5.92 Å². The summed E-state index contributed by atoms with van der Waals surface area (Å²) in [5, 5.41) is 3.58. The van der Waals surface area contributed by atoms with Gasteiger partial charge in [-0.05, 0) is 31.6 Å². The van der Waals surface area contributed by atoms with Crippen LogP contribution >= 0.6 is 0 Å². The predicted molar refractivity (Wildman–Crippen MR) is 73.8 cm³/mol. The Balaban J connectivity index is 1.84. The van der Waals surface area contributed by atoms with Crippen molar-refractivity contribution in [1.82, 2.24) is 9.55 Å². The smallest absolute Gasteiger partial charge is 0.203 e. The first-order valence-electron chi connectivity index (χ1n) is 7.10. The number of methoxy groups -OCH3 is 1. The Bertz CT molecular complexity index is 343. The number of aromatic nitrogens is 2. The molecule has 0 bridgehead atoms. The van der Waals surface area contributed by atoms with Gasteiger partial charge in [0.25, 0.3) is 0 Å². The summed E-state index contributed by atoms with van der Waals surface area (Å²) >= 11 is 0. The van der Waals surface area contributed by atoms with E-state index in [4.69, 9.17) is 4.74 Å². The Morgan fingerprint density at radius 3 is 2.83 bits per heavy atom. The van der Waals surface area contributed by atoms with Crippen LogP contribution in [-0.2, 0) is 11.3 Å². The molecule has 18 heavy (non-hydrogen) atoms. The number of nitrogens with zero attached hydrogens (tertiary/aromatic N) is 2. The van der Waals surface area contributed by atoms with Gasteiger partial charge in [-0.15, -0.1) is 0 Å². The predicted octanol–water partition coefficient (Wildman–Crippen LogP) is 2.91. The molecule has 0 amide bonds. The first-order valence-corrected chi connectivity index (χ1v) is 7.10. The first-order chi connectivity index (χ1) is 8.83.